The molecule has 0 saturated carbocycles. The van der Waals surface area contributed by atoms with Gasteiger partial charge in [0.2, 0.25) is 0 Å². The summed E-state index contributed by atoms with van der Waals surface area (Å²) in [5, 5.41) is 2.81. The highest BCUT2D eigenvalue weighted by Gasteiger charge is 2.20. The third-order valence-electron chi connectivity index (χ3n) is 3.46. The number of carbonyl (C=O) groups is 1. The predicted molar refractivity (Wildman–Crippen MR) is 79.1 cm³/mol. The van der Waals surface area contributed by atoms with Gasteiger partial charge in [0.25, 0.3) is 0 Å². The highest BCUT2D eigenvalue weighted by atomic mass is 16.5. The van der Waals surface area contributed by atoms with Crippen LogP contribution in [-0.4, -0.2) is 12.7 Å². The molecule has 21 heavy (non-hydrogen) atoms. The van der Waals surface area contributed by atoms with E-state index in [1.165, 1.54) is 0 Å². The smallest absolute Gasteiger partial charge is 0.407 e. The van der Waals surface area contributed by atoms with Gasteiger partial charge in [0, 0.05) is 6.42 Å². The van der Waals surface area contributed by atoms with Crippen LogP contribution in [0.15, 0.2) is 54.6 Å². The average molecular weight is 283 g/mol. The van der Waals surface area contributed by atoms with Gasteiger partial charge in [-0.15, -0.1) is 0 Å². The molecule has 1 atom stereocenters. The molecular formula is C17H17NO3. The quantitative estimate of drug-likeness (QED) is 0.935. The van der Waals surface area contributed by atoms with E-state index >= 15 is 0 Å². The minimum absolute atomic E-state index is 0.0226. The number of amides is 1. The van der Waals surface area contributed by atoms with Crippen molar-refractivity contribution in [1.82, 2.24) is 5.32 Å². The lowest BCUT2D eigenvalue weighted by molar-refractivity contribution is 0.115. The Bertz CT molecular complexity index is 595. The van der Waals surface area contributed by atoms with Crippen LogP contribution >= 0.6 is 0 Å². The number of carbonyl (C=O) groups excluding carboxylic acids is 1. The van der Waals surface area contributed by atoms with Gasteiger partial charge < -0.3 is 14.8 Å². The summed E-state index contributed by atoms with van der Waals surface area (Å²) in [5.74, 6) is 0.820. The van der Waals surface area contributed by atoms with Gasteiger partial charge in [-0.2, -0.15) is 0 Å². The molecule has 0 spiro atoms. The highest BCUT2D eigenvalue weighted by molar-refractivity contribution is 5.68. The summed E-state index contributed by atoms with van der Waals surface area (Å²) in [6.07, 6.45) is 0.436. The minimum Gasteiger partial charge on any atom is -0.489 e. The van der Waals surface area contributed by atoms with E-state index in [2.05, 4.69) is 5.32 Å². The normalized spacial score (nSPS) is 17.7. The van der Waals surface area contributed by atoms with Crippen molar-refractivity contribution in [3.63, 3.8) is 0 Å². The van der Waals surface area contributed by atoms with Crippen LogP contribution < -0.4 is 10.1 Å². The fraction of sp³-hybridized carbons (Fsp3) is 0.235. The summed E-state index contributed by atoms with van der Waals surface area (Å²) in [7, 11) is 0. The molecule has 0 unspecified atom stereocenters. The van der Waals surface area contributed by atoms with Crippen LogP contribution in [-0.2, 0) is 11.3 Å². The third kappa shape index (κ3) is 3.54. The standard InChI is InChI=1S/C17H17NO3/c19-17-18-16(10-11-20-17)14-6-8-15(9-7-14)21-12-13-4-2-1-3-5-13/h1-9,16H,10-12H2,(H,18,19)/t16-/m1/s1. The van der Waals surface area contributed by atoms with Crippen LogP contribution in [0.3, 0.4) is 0 Å². The molecule has 3 rings (SSSR count). The molecule has 1 aliphatic rings. The second-order valence-corrected chi connectivity index (χ2v) is 4.96. The molecule has 0 aliphatic carbocycles. The van der Waals surface area contributed by atoms with Crippen molar-refractivity contribution in [2.75, 3.05) is 6.61 Å². The number of benzene rings is 2. The van der Waals surface area contributed by atoms with Crippen molar-refractivity contribution < 1.29 is 14.3 Å². The maximum Gasteiger partial charge on any atom is 0.407 e. The number of hydrogen-bond donors (Lipinski definition) is 1. The van der Waals surface area contributed by atoms with Gasteiger partial charge in [0.15, 0.2) is 0 Å². The predicted octanol–water partition coefficient (Wildman–Crippen LogP) is 3.44. The van der Waals surface area contributed by atoms with Gasteiger partial charge in [-0.05, 0) is 23.3 Å². The molecule has 108 valence electrons. The zero-order valence-electron chi connectivity index (χ0n) is 11.6. The molecule has 0 bridgehead atoms. The molecule has 1 saturated heterocycles. The molecule has 1 fully saturated rings. The first-order chi connectivity index (χ1) is 10.3. The Morgan fingerprint density at radius 1 is 1.10 bits per heavy atom. The number of hydrogen-bond acceptors (Lipinski definition) is 3. The van der Waals surface area contributed by atoms with Crippen molar-refractivity contribution in [1.29, 1.82) is 0 Å². The summed E-state index contributed by atoms with van der Waals surface area (Å²) >= 11 is 0. The summed E-state index contributed by atoms with van der Waals surface area (Å²) in [4.78, 5) is 11.2. The summed E-state index contributed by atoms with van der Waals surface area (Å²) in [5.41, 5.74) is 2.21. The van der Waals surface area contributed by atoms with Crippen LogP contribution in [0.4, 0.5) is 4.79 Å². The molecule has 0 radical (unpaired) electrons. The Morgan fingerprint density at radius 2 is 1.86 bits per heavy atom. The fourth-order valence-electron chi connectivity index (χ4n) is 2.31. The number of ether oxygens (including phenoxy) is 2. The highest BCUT2D eigenvalue weighted by Crippen LogP contribution is 2.23. The lowest BCUT2D eigenvalue weighted by Gasteiger charge is -2.23. The first kappa shape index (κ1) is 13.5. The van der Waals surface area contributed by atoms with E-state index in [0.29, 0.717) is 13.2 Å². The van der Waals surface area contributed by atoms with Crippen LogP contribution in [0.5, 0.6) is 5.75 Å². The first-order valence-corrected chi connectivity index (χ1v) is 7.01. The second kappa shape index (κ2) is 6.31. The molecule has 1 N–H and O–H groups in total. The molecular weight excluding hydrogens is 266 g/mol. The largest absolute Gasteiger partial charge is 0.489 e. The topological polar surface area (TPSA) is 47.6 Å². The molecule has 0 aromatic heterocycles. The second-order valence-electron chi connectivity index (χ2n) is 4.96. The van der Waals surface area contributed by atoms with Gasteiger partial charge >= 0.3 is 6.09 Å². The molecule has 1 heterocycles. The Labute approximate surface area is 123 Å². The van der Waals surface area contributed by atoms with Crippen molar-refractivity contribution in [3.05, 3.63) is 65.7 Å². The van der Waals surface area contributed by atoms with E-state index in [0.717, 1.165) is 23.3 Å². The Morgan fingerprint density at radius 3 is 2.57 bits per heavy atom. The van der Waals surface area contributed by atoms with Gasteiger partial charge in [0.05, 0.1) is 12.6 Å². The van der Waals surface area contributed by atoms with E-state index in [-0.39, 0.29) is 12.1 Å². The summed E-state index contributed by atoms with van der Waals surface area (Å²) in [6.45, 7) is 1.01. The van der Waals surface area contributed by atoms with E-state index in [4.69, 9.17) is 9.47 Å². The zero-order chi connectivity index (χ0) is 14.5. The maximum atomic E-state index is 11.2. The Balaban J connectivity index is 1.60. The molecule has 2 aromatic rings. The Hall–Kier alpha value is -2.49. The van der Waals surface area contributed by atoms with Gasteiger partial charge in [-0.1, -0.05) is 42.5 Å². The number of cyclic esters (lactones) is 1. The van der Waals surface area contributed by atoms with Crippen LogP contribution in [0.25, 0.3) is 0 Å². The van der Waals surface area contributed by atoms with E-state index in [9.17, 15) is 4.79 Å². The van der Waals surface area contributed by atoms with Gasteiger partial charge in [0.1, 0.15) is 12.4 Å². The van der Waals surface area contributed by atoms with E-state index < -0.39 is 0 Å². The van der Waals surface area contributed by atoms with Crippen molar-refractivity contribution in [2.24, 2.45) is 0 Å². The molecule has 4 nitrogen and oxygen atoms in total. The van der Waals surface area contributed by atoms with Crippen molar-refractivity contribution in [2.45, 2.75) is 19.1 Å². The summed E-state index contributed by atoms with van der Waals surface area (Å²) < 4.78 is 10.6. The minimum atomic E-state index is -0.351. The lowest BCUT2D eigenvalue weighted by Crippen LogP contribution is -2.35. The third-order valence-corrected chi connectivity index (χ3v) is 3.46. The monoisotopic (exact) mass is 283 g/mol. The van der Waals surface area contributed by atoms with Gasteiger partial charge in [-0.25, -0.2) is 4.79 Å². The zero-order valence-corrected chi connectivity index (χ0v) is 11.6. The number of alkyl carbamates (subject to hydrolysis) is 1. The Kier molecular flexibility index (Phi) is 4.05. The van der Waals surface area contributed by atoms with Crippen LogP contribution in [0, 0.1) is 0 Å². The lowest BCUT2D eigenvalue weighted by atomic mass is 10.0. The van der Waals surface area contributed by atoms with Crippen LogP contribution in [0.1, 0.15) is 23.6 Å². The van der Waals surface area contributed by atoms with Gasteiger partial charge in [-0.3, -0.25) is 0 Å². The SMILES string of the molecule is O=C1N[C@@H](c2ccc(OCc3ccccc3)cc2)CCO1. The maximum absolute atomic E-state index is 11.2. The summed E-state index contributed by atoms with van der Waals surface area (Å²) in [6, 6.07) is 17.9. The molecule has 1 amide bonds. The van der Waals surface area contributed by atoms with E-state index in [1.54, 1.807) is 0 Å². The molecule has 4 heteroatoms. The average Bonchev–Trinajstić information content (AvgIpc) is 2.54. The fourth-order valence-corrected chi connectivity index (χ4v) is 2.31. The van der Waals surface area contributed by atoms with Crippen LogP contribution in [0.2, 0.25) is 0 Å². The van der Waals surface area contributed by atoms with Crippen molar-refractivity contribution >= 4 is 6.09 Å². The van der Waals surface area contributed by atoms with Crippen molar-refractivity contribution in [3.8, 4) is 5.75 Å². The number of nitrogens with one attached hydrogen (secondary N) is 1. The first-order valence-electron chi connectivity index (χ1n) is 7.01. The number of rotatable bonds is 4. The van der Waals surface area contributed by atoms with E-state index in [1.807, 2.05) is 54.6 Å². The molecule has 1 aliphatic heterocycles. The molecule has 2 aromatic carbocycles.